The Morgan fingerprint density at radius 3 is 2.30 bits per heavy atom. The molecule has 0 aliphatic heterocycles. The lowest BCUT2D eigenvalue weighted by Gasteiger charge is -2.13. The van der Waals surface area contributed by atoms with Crippen molar-refractivity contribution in [2.45, 2.75) is 13.8 Å². The van der Waals surface area contributed by atoms with Gasteiger partial charge in [-0.25, -0.2) is 0 Å². The molecule has 0 saturated carbocycles. The average molecular weight is 292 g/mol. The largest absolute Gasteiger partial charge is 0.490 e. The smallest absolute Gasteiger partial charge is 0.161 e. The highest BCUT2D eigenvalue weighted by Gasteiger charge is 2.10. The maximum atomic E-state index is 6.24. The third kappa shape index (κ3) is 3.17. The van der Waals surface area contributed by atoms with Crippen molar-refractivity contribution in [2.75, 3.05) is 18.9 Å². The molecule has 0 radical (unpaired) electrons. The third-order valence-electron chi connectivity index (χ3n) is 2.85. The van der Waals surface area contributed by atoms with Crippen molar-refractivity contribution in [1.29, 1.82) is 0 Å². The van der Waals surface area contributed by atoms with Crippen LogP contribution in [0, 0.1) is 0 Å². The highest BCUT2D eigenvalue weighted by atomic mass is 35.5. The van der Waals surface area contributed by atoms with E-state index in [0.717, 1.165) is 22.6 Å². The zero-order valence-electron chi connectivity index (χ0n) is 11.7. The van der Waals surface area contributed by atoms with Crippen molar-refractivity contribution in [2.24, 2.45) is 0 Å². The van der Waals surface area contributed by atoms with E-state index in [1.807, 2.05) is 44.2 Å². The fraction of sp³-hybridized carbons (Fsp3) is 0.250. The van der Waals surface area contributed by atoms with E-state index in [-0.39, 0.29) is 0 Å². The topological polar surface area (TPSA) is 44.5 Å². The Morgan fingerprint density at radius 1 is 0.950 bits per heavy atom. The molecule has 0 atom stereocenters. The van der Waals surface area contributed by atoms with Crippen LogP contribution in [-0.2, 0) is 0 Å². The second kappa shape index (κ2) is 6.53. The quantitative estimate of drug-likeness (QED) is 0.831. The minimum absolute atomic E-state index is 0.582. The van der Waals surface area contributed by atoms with Gasteiger partial charge in [-0.1, -0.05) is 23.7 Å². The van der Waals surface area contributed by atoms with E-state index in [0.29, 0.717) is 23.9 Å². The first-order valence-electron chi connectivity index (χ1n) is 6.60. The molecule has 3 nitrogen and oxygen atoms in total. The van der Waals surface area contributed by atoms with Crippen molar-refractivity contribution in [1.82, 2.24) is 0 Å². The molecule has 2 aromatic rings. The Balaban J connectivity index is 2.44. The second-order valence-electron chi connectivity index (χ2n) is 4.27. The molecule has 0 aliphatic carbocycles. The highest BCUT2D eigenvalue weighted by molar-refractivity contribution is 6.33. The van der Waals surface area contributed by atoms with Crippen LogP contribution in [0.4, 0.5) is 5.69 Å². The van der Waals surface area contributed by atoms with Gasteiger partial charge in [-0.2, -0.15) is 0 Å². The number of hydrogen-bond acceptors (Lipinski definition) is 3. The average Bonchev–Trinajstić information content (AvgIpc) is 2.41. The number of nitrogens with two attached hydrogens (primary N) is 1. The lowest BCUT2D eigenvalue weighted by Crippen LogP contribution is -1.98. The lowest BCUT2D eigenvalue weighted by molar-refractivity contribution is 0.288. The molecule has 2 aromatic carbocycles. The van der Waals surface area contributed by atoms with Gasteiger partial charge in [-0.05, 0) is 43.7 Å². The van der Waals surface area contributed by atoms with E-state index in [2.05, 4.69) is 0 Å². The third-order valence-corrected chi connectivity index (χ3v) is 3.16. The zero-order chi connectivity index (χ0) is 14.5. The molecule has 2 rings (SSSR count). The zero-order valence-corrected chi connectivity index (χ0v) is 12.4. The number of rotatable bonds is 5. The molecule has 0 fully saturated rings. The Kier molecular flexibility index (Phi) is 4.74. The number of benzene rings is 2. The minimum atomic E-state index is 0.582. The van der Waals surface area contributed by atoms with Crippen LogP contribution in [0.1, 0.15) is 13.8 Å². The molecule has 0 saturated heterocycles. The summed E-state index contributed by atoms with van der Waals surface area (Å²) < 4.78 is 11.2. The number of anilines is 1. The minimum Gasteiger partial charge on any atom is -0.490 e. The van der Waals surface area contributed by atoms with Gasteiger partial charge in [0.25, 0.3) is 0 Å². The van der Waals surface area contributed by atoms with Crippen LogP contribution in [0.5, 0.6) is 11.5 Å². The van der Waals surface area contributed by atoms with Gasteiger partial charge in [-0.3, -0.25) is 0 Å². The van der Waals surface area contributed by atoms with E-state index in [9.17, 15) is 0 Å². The van der Waals surface area contributed by atoms with Crippen molar-refractivity contribution >= 4 is 17.3 Å². The molecule has 4 heteroatoms. The molecule has 0 amide bonds. The summed E-state index contributed by atoms with van der Waals surface area (Å²) in [5.74, 6) is 1.46. The highest BCUT2D eigenvalue weighted by Crippen LogP contribution is 2.36. The summed E-state index contributed by atoms with van der Waals surface area (Å²) in [5.41, 5.74) is 8.26. The standard InChI is InChI=1S/C16H18ClNO2/c1-3-19-15-8-5-11(9-16(15)20-4-2)13-7-6-12(18)10-14(13)17/h5-10H,3-4,18H2,1-2H3. The molecule has 0 aliphatic rings. The Hall–Kier alpha value is -1.87. The first kappa shape index (κ1) is 14.5. The van der Waals surface area contributed by atoms with Crippen molar-refractivity contribution in [3.8, 4) is 22.6 Å². The van der Waals surface area contributed by atoms with Gasteiger partial charge < -0.3 is 15.2 Å². The summed E-state index contributed by atoms with van der Waals surface area (Å²) in [6.45, 7) is 5.07. The number of nitrogen functional groups attached to an aromatic ring is 1. The summed E-state index contributed by atoms with van der Waals surface area (Å²) in [6.07, 6.45) is 0. The number of hydrogen-bond donors (Lipinski definition) is 1. The molecule has 0 heterocycles. The van der Waals surface area contributed by atoms with Gasteiger partial charge in [-0.15, -0.1) is 0 Å². The summed E-state index contributed by atoms with van der Waals surface area (Å²) in [5, 5.41) is 0.622. The Morgan fingerprint density at radius 2 is 1.65 bits per heavy atom. The predicted molar refractivity (Wildman–Crippen MR) is 83.6 cm³/mol. The van der Waals surface area contributed by atoms with Gasteiger partial charge in [0.2, 0.25) is 0 Å². The molecule has 2 N–H and O–H groups in total. The SMILES string of the molecule is CCOc1ccc(-c2ccc(N)cc2Cl)cc1OCC. The van der Waals surface area contributed by atoms with Crippen LogP contribution in [-0.4, -0.2) is 13.2 Å². The molecule has 106 valence electrons. The Bertz CT molecular complexity index is 599. The van der Waals surface area contributed by atoms with E-state index in [1.54, 1.807) is 6.07 Å². The van der Waals surface area contributed by atoms with Gasteiger partial charge in [0.1, 0.15) is 0 Å². The molecular formula is C16H18ClNO2. The van der Waals surface area contributed by atoms with Crippen molar-refractivity contribution < 1.29 is 9.47 Å². The summed E-state index contributed by atoms with van der Waals surface area (Å²) in [4.78, 5) is 0. The summed E-state index contributed by atoms with van der Waals surface area (Å²) in [7, 11) is 0. The first-order valence-corrected chi connectivity index (χ1v) is 6.98. The van der Waals surface area contributed by atoms with Gasteiger partial charge in [0.15, 0.2) is 11.5 Å². The number of halogens is 1. The van der Waals surface area contributed by atoms with Crippen LogP contribution < -0.4 is 15.2 Å². The molecule has 20 heavy (non-hydrogen) atoms. The fourth-order valence-electron chi connectivity index (χ4n) is 1.98. The van der Waals surface area contributed by atoms with Gasteiger partial charge >= 0.3 is 0 Å². The maximum absolute atomic E-state index is 6.24. The van der Waals surface area contributed by atoms with Crippen molar-refractivity contribution in [3.63, 3.8) is 0 Å². The molecular weight excluding hydrogens is 274 g/mol. The Labute approximate surface area is 124 Å². The van der Waals surface area contributed by atoms with Crippen LogP contribution in [0.25, 0.3) is 11.1 Å². The molecule has 0 unspecified atom stereocenters. The van der Waals surface area contributed by atoms with Crippen LogP contribution >= 0.6 is 11.6 Å². The van der Waals surface area contributed by atoms with Crippen LogP contribution in [0.15, 0.2) is 36.4 Å². The summed E-state index contributed by atoms with van der Waals surface area (Å²) >= 11 is 6.24. The molecule has 0 bridgehead atoms. The lowest BCUT2D eigenvalue weighted by atomic mass is 10.0. The van der Waals surface area contributed by atoms with E-state index in [4.69, 9.17) is 26.8 Å². The van der Waals surface area contributed by atoms with E-state index in [1.165, 1.54) is 0 Å². The molecule has 0 spiro atoms. The van der Waals surface area contributed by atoms with Crippen molar-refractivity contribution in [3.05, 3.63) is 41.4 Å². The fourth-order valence-corrected chi connectivity index (χ4v) is 2.28. The number of ether oxygens (including phenoxy) is 2. The second-order valence-corrected chi connectivity index (χ2v) is 4.67. The monoisotopic (exact) mass is 291 g/mol. The normalized spacial score (nSPS) is 10.3. The first-order chi connectivity index (χ1) is 9.65. The predicted octanol–water partition coefficient (Wildman–Crippen LogP) is 4.39. The maximum Gasteiger partial charge on any atom is 0.161 e. The van der Waals surface area contributed by atoms with Crippen LogP contribution in [0.3, 0.4) is 0 Å². The summed E-state index contributed by atoms with van der Waals surface area (Å²) in [6, 6.07) is 11.3. The van der Waals surface area contributed by atoms with Crippen LogP contribution in [0.2, 0.25) is 5.02 Å². The van der Waals surface area contributed by atoms with E-state index >= 15 is 0 Å². The van der Waals surface area contributed by atoms with Gasteiger partial charge in [0, 0.05) is 11.3 Å². The molecule has 0 aromatic heterocycles. The van der Waals surface area contributed by atoms with E-state index < -0.39 is 0 Å². The van der Waals surface area contributed by atoms with Gasteiger partial charge in [0.05, 0.1) is 18.2 Å².